The molecule has 0 aromatic heterocycles. The van der Waals surface area contributed by atoms with Gasteiger partial charge < -0.3 is 5.11 Å². The van der Waals surface area contributed by atoms with Crippen molar-refractivity contribution in [3.8, 4) is 5.75 Å². The van der Waals surface area contributed by atoms with Crippen LogP contribution in [0.25, 0.3) is 10.8 Å². The Bertz CT molecular complexity index is 935. The topological polar surface area (TPSA) is 66.4 Å². The third kappa shape index (κ3) is 2.51. The van der Waals surface area contributed by atoms with Gasteiger partial charge in [0.1, 0.15) is 5.75 Å². The molecule has 2 N–H and O–H groups in total. The molecule has 0 unspecified atom stereocenters. The van der Waals surface area contributed by atoms with E-state index in [1.807, 2.05) is 0 Å². The number of fused-ring (bicyclic) bond motifs is 1. The normalized spacial score (nSPS) is 11.5. The zero-order valence-corrected chi connectivity index (χ0v) is 12.8. The largest absolute Gasteiger partial charge is 0.507 e. The first kappa shape index (κ1) is 14.4. The minimum absolute atomic E-state index is 0.165. The predicted octanol–water partition coefficient (Wildman–Crippen LogP) is 3.65. The van der Waals surface area contributed by atoms with E-state index >= 15 is 0 Å². The highest BCUT2D eigenvalue weighted by Crippen LogP contribution is 2.34. The van der Waals surface area contributed by atoms with E-state index in [0.717, 1.165) is 0 Å². The molecule has 0 saturated carbocycles. The summed E-state index contributed by atoms with van der Waals surface area (Å²) >= 11 is 0. The first-order valence-electron chi connectivity index (χ1n) is 6.78. The van der Waals surface area contributed by atoms with Gasteiger partial charge in [0.05, 0.1) is 10.6 Å². The molecular formula is C17H15NO3S. The van der Waals surface area contributed by atoms with E-state index in [2.05, 4.69) is 4.72 Å². The van der Waals surface area contributed by atoms with Crippen LogP contribution < -0.4 is 4.72 Å². The fourth-order valence-corrected chi connectivity index (χ4v) is 3.48. The molecule has 0 bridgehead atoms. The molecule has 0 spiro atoms. The Morgan fingerprint density at radius 1 is 0.909 bits per heavy atom. The molecule has 0 aliphatic rings. The van der Waals surface area contributed by atoms with E-state index in [4.69, 9.17) is 0 Å². The van der Waals surface area contributed by atoms with Crippen molar-refractivity contribution in [2.45, 2.75) is 11.8 Å². The molecule has 0 fully saturated rings. The third-order valence-electron chi connectivity index (χ3n) is 3.50. The smallest absolute Gasteiger partial charge is 0.261 e. The lowest BCUT2D eigenvalue weighted by atomic mass is 10.0. The van der Waals surface area contributed by atoms with Gasteiger partial charge in [-0.2, -0.15) is 0 Å². The fraction of sp³-hybridized carbons (Fsp3) is 0.0588. The van der Waals surface area contributed by atoms with E-state index < -0.39 is 10.0 Å². The van der Waals surface area contributed by atoms with E-state index in [0.29, 0.717) is 22.0 Å². The fourth-order valence-electron chi connectivity index (χ4n) is 2.39. The Hall–Kier alpha value is -2.53. The second kappa shape index (κ2) is 5.35. The lowest BCUT2D eigenvalue weighted by Crippen LogP contribution is -2.13. The van der Waals surface area contributed by atoms with Gasteiger partial charge in [0.2, 0.25) is 0 Å². The number of benzene rings is 3. The number of rotatable bonds is 3. The molecule has 3 aromatic carbocycles. The highest BCUT2D eigenvalue weighted by atomic mass is 32.2. The molecule has 0 radical (unpaired) electrons. The molecule has 3 aromatic rings. The van der Waals surface area contributed by atoms with E-state index in [1.54, 1.807) is 55.5 Å². The molecule has 0 aliphatic carbocycles. The van der Waals surface area contributed by atoms with Crippen LogP contribution in [0.1, 0.15) is 5.56 Å². The lowest BCUT2D eigenvalue weighted by Gasteiger charge is -2.13. The monoisotopic (exact) mass is 313 g/mol. The van der Waals surface area contributed by atoms with Crippen LogP contribution in [-0.2, 0) is 10.0 Å². The van der Waals surface area contributed by atoms with Crippen molar-refractivity contribution < 1.29 is 13.5 Å². The zero-order valence-electron chi connectivity index (χ0n) is 11.9. The van der Waals surface area contributed by atoms with Gasteiger partial charge >= 0.3 is 0 Å². The van der Waals surface area contributed by atoms with Gasteiger partial charge in [-0.25, -0.2) is 8.42 Å². The number of anilines is 1. The standard InChI is InChI=1S/C17H15NO3S/c1-12-11-16(14-9-5-6-10-15(14)17(12)19)18-22(20,21)13-7-3-2-4-8-13/h2-11,18-19H,1H3. The van der Waals surface area contributed by atoms with Crippen LogP contribution in [0.4, 0.5) is 5.69 Å². The molecule has 22 heavy (non-hydrogen) atoms. The van der Waals surface area contributed by atoms with Crippen LogP contribution in [-0.4, -0.2) is 13.5 Å². The zero-order chi connectivity index (χ0) is 15.7. The number of aryl methyl sites for hydroxylation is 1. The quantitative estimate of drug-likeness (QED) is 0.725. The maximum Gasteiger partial charge on any atom is 0.261 e. The van der Waals surface area contributed by atoms with Crippen molar-refractivity contribution >= 4 is 26.5 Å². The molecule has 112 valence electrons. The molecule has 0 saturated heterocycles. The maximum atomic E-state index is 12.5. The average Bonchev–Trinajstić information content (AvgIpc) is 2.53. The van der Waals surface area contributed by atoms with Crippen LogP contribution in [0.5, 0.6) is 5.75 Å². The van der Waals surface area contributed by atoms with Gasteiger partial charge in [0.25, 0.3) is 10.0 Å². The summed E-state index contributed by atoms with van der Waals surface area (Å²) < 4.78 is 27.5. The number of phenolic OH excluding ortho intramolecular Hbond substituents is 1. The van der Waals surface area contributed by atoms with Gasteiger partial charge in [0.15, 0.2) is 0 Å². The molecule has 4 nitrogen and oxygen atoms in total. The Labute approximate surface area is 129 Å². The van der Waals surface area contributed by atoms with Gasteiger partial charge in [-0.3, -0.25) is 4.72 Å². The summed E-state index contributed by atoms with van der Waals surface area (Å²) in [6, 6.07) is 17.0. The summed E-state index contributed by atoms with van der Waals surface area (Å²) in [5, 5.41) is 11.4. The van der Waals surface area contributed by atoms with Gasteiger partial charge in [-0.05, 0) is 30.7 Å². The van der Waals surface area contributed by atoms with Crippen molar-refractivity contribution in [3.05, 3.63) is 66.2 Å². The second-order valence-electron chi connectivity index (χ2n) is 5.05. The van der Waals surface area contributed by atoms with Crippen molar-refractivity contribution in [1.82, 2.24) is 0 Å². The summed E-state index contributed by atoms with van der Waals surface area (Å²) in [5.41, 5.74) is 1.07. The van der Waals surface area contributed by atoms with Crippen LogP contribution >= 0.6 is 0 Å². The number of hydrogen-bond donors (Lipinski definition) is 2. The Kier molecular flexibility index (Phi) is 3.50. The van der Waals surface area contributed by atoms with Gasteiger partial charge in [-0.15, -0.1) is 0 Å². The Morgan fingerprint density at radius 2 is 1.50 bits per heavy atom. The minimum Gasteiger partial charge on any atom is -0.507 e. The highest BCUT2D eigenvalue weighted by molar-refractivity contribution is 7.92. The summed E-state index contributed by atoms with van der Waals surface area (Å²) in [5.74, 6) is 0.165. The first-order valence-corrected chi connectivity index (χ1v) is 8.26. The van der Waals surface area contributed by atoms with Crippen LogP contribution in [0, 0.1) is 6.92 Å². The molecule has 0 heterocycles. The Morgan fingerprint density at radius 3 is 2.18 bits per heavy atom. The molecule has 0 aliphatic heterocycles. The van der Waals surface area contributed by atoms with Gasteiger partial charge in [0, 0.05) is 10.8 Å². The number of phenols is 1. The molecular weight excluding hydrogens is 298 g/mol. The number of sulfonamides is 1. The van der Waals surface area contributed by atoms with E-state index in [-0.39, 0.29) is 10.6 Å². The van der Waals surface area contributed by atoms with E-state index in [1.165, 1.54) is 12.1 Å². The van der Waals surface area contributed by atoms with E-state index in [9.17, 15) is 13.5 Å². The molecule has 3 rings (SSSR count). The predicted molar refractivity (Wildman–Crippen MR) is 87.6 cm³/mol. The molecule has 5 heteroatoms. The van der Waals surface area contributed by atoms with Crippen LogP contribution in [0.3, 0.4) is 0 Å². The van der Waals surface area contributed by atoms with Crippen molar-refractivity contribution in [2.24, 2.45) is 0 Å². The van der Waals surface area contributed by atoms with Crippen molar-refractivity contribution in [1.29, 1.82) is 0 Å². The lowest BCUT2D eigenvalue weighted by molar-refractivity contribution is 0.477. The molecule has 0 atom stereocenters. The van der Waals surface area contributed by atoms with Crippen molar-refractivity contribution in [2.75, 3.05) is 4.72 Å². The highest BCUT2D eigenvalue weighted by Gasteiger charge is 2.16. The van der Waals surface area contributed by atoms with Gasteiger partial charge in [-0.1, -0.05) is 42.5 Å². The summed E-state index contributed by atoms with van der Waals surface area (Å²) in [6.07, 6.45) is 0. The summed E-state index contributed by atoms with van der Waals surface area (Å²) in [7, 11) is -3.67. The van der Waals surface area contributed by atoms with Crippen molar-refractivity contribution in [3.63, 3.8) is 0 Å². The molecule has 0 amide bonds. The summed E-state index contributed by atoms with van der Waals surface area (Å²) in [4.78, 5) is 0.199. The number of aromatic hydroxyl groups is 1. The Balaban J connectivity index is 2.14. The van der Waals surface area contributed by atoms with Crippen LogP contribution in [0.2, 0.25) is 0 Å². The number of nitrogens with one attached hydrogen (secondary N) is 1. The summed E-state index contributed by atoms with van der Waals surface area (Å²) in [6.45, 7) is 1.74. The SMILES string of the molecule is Cc1cc(NS(=O)(=O)c2ccccc2)c2ccccc2c1O. The maximum absolute atomic E-state index is 12.5. The van der Waals surface area contributed by atoms with Crippen LogP contribution in [0.15, 0.2) is 65.6 Å². The second-order valence-corrected chi connectivity index (χ2v) is 6.74. The average molecular weight is 313 g/mol. The number of hydrogen-bond acceptors (Lipinski definition) is 3. The third-order valence-corrected chi connectivity index (χ3v) is 4.89. The first-order chi connectivity index (χ1) is 10.5. The minimum atomic E-state index is -3.67.